The summed E-state index contributed by atoms with van der Waals surface area (Å²) in [6.45, 7) is 1.81. The number of rotatable bonds is 1. The lowest BCUT2D eigenvalue weighted by Gasteiger charge is -2.11. The van der Waals surface area contributed by atoms with Crippen molar-refractivity contribution in [3.63, 3.8) is 0 Å². The average Bonchev–Trinajstić information content (AvgIpc) is 2.41. The second kappa shape index (κ2) is 4.16. The third-order valence-corrected chi connectivity index (χ3v) is 3.47. The molecular formula is C15H12N2O3. The van der Waals surface area contributed by atoms with Crippen LogP contribution in [0.1, 0.15) is 16.1 Å². The number of nitrogens with zero attached hydrogens (tertiary/aromatic N) is 2. The number of para-hydroxylation sites is 1. The molecule has 0 saturated carbocycles. The number of aromatic nitrogens is 2. The number of pyridine rings is 2. The Morgan fingerprint density at radius 2 is 1.95 bits per heavy atom. The lowest BCUT2D eigenvalue weighted by Crippen LogP contribution is -2.25. The molecule has 3 rings (SSSR count). The monoisotopic (exact) mass is 268 g/mol. The lowest BCUT2D eigenvalue weighted by atomic mass is 10.1. The molecule has 0 aliphatic rings. The first kappa shape index (κ1) is 12.3. The molecule has 0 saturated heterocycles. The maximum absolute atomic E-state index is 12.1. The van der Waals surface area contributed by atoms with Gasteiger partial charge in [-0.1, -0.05) is 18.2 Å². The quantitative estimate of drug-likeness (QED) is 0.686. The van der Waals surface area contributed by atoms with E-state index in [9.17, 15) is 9.59 Å². The van der Waals surface area contributed by atoms with Crippen LogP contribution in [0.5, 0.6) is 0 Å². The molecule has 1 N–H and O–H groups in total. The number of fused-ring (bicyclic) bond motifs is 3. The highest BCUT2D eigenvalue weighted by Crippen LogP contribution is 2.25. The van der Waals surface area contributed by atoms with Crippen molar-refractivity contribution in [2.45, 2.75) is 6.92 Å². The number of benzene rings is 1. The molecule has 0 fully saturated rings. The van der Waals surface area contributed by atoms with Gasteiger partial charge in [-0.25, -0.2) is 4.79 Å². The fourth-order valence-electron chi connectivity index (χ4n) is 2.57. The first-order chi connectivity index (χ1) is 9.50. The van der Waals surface area contributed by atoms with Crippen molar-refractivity contribution in [1.29, 1.82) is 0 Å². The summed E-state index contributed by atoms with van der Waals surface area (Å²) in [4.78, 5) is 27.7. The Balaban J connectivity index is 2.65. The summed E-state index contributed by atoms with van der Waals surface area (Å²) in [5.41, 5.74) is 1.40. The predicted octanol–water partition coefficient (Wildman–Crippen LogP) is 2.09. The molecule has 0 radical (unpaired) electrons. The smallest absolute Gasteiger partial charge is 0.341 e. The Hall–Kier alpha value is -2.69. The van der Waals surface area contributed by atoms with E-state index in [-0.39, 0.29) is 5.56 Å². The van der Waals surface area contributed by atoms with Gasteiger partial charge in [0.15, 0.2) is 0 Å². The number of carboxylic acid groups (broad SMARTS) is 1. The van der Waals surface area contributed by atoms with Crippen LogP contribution in [0.4, 0.5) is 0 Å². The third kappa shape index (κ3) is 1.60. The van der Waals surface area contributed by atoms with Crippen molar-refractivity contribution in [3.8, 4) is 0 Å². The van der Waals surface area contributed by atoms with Gasteiger partial charge in [0.1, 0.15) is 5.56 Å². The highest BCUT2D eigenvalue weighted by atomic mass is 16.4. The second-order valence-electron chi connectivity index (χ2n) is 4.70. The minimum absolute atomic E-state index is 0.226. The molecule has 0 aliphatic heterocycles. The van der Waals surface area contributed by atoms with Gasteiger partial charge in [0, 0.05) is 17.8 Å². The molecular weight excluding hydrogens is 256 g/mol. The number of carboxylic acids is 1. The van der Waals surface area contributed by atoms with Gasteiger partial charge in [0.05, 0.1) is 16.7 Å². The lowest BCUT2D eigenvalue weighted by molar-refractivity contribution is 0.0694. The van der Waals surface area contributed by atoms with E-state index in [4.69, 9.17) is 5.11 Å². The molecule has 0 bridgehead atoms. The van der Waals surface area contributed by atoms with Gasteiger partial charge in [0.2, 0.25) is 0 Å². The predicted molar refractivity (Wildman–Crippen MR) is 76.2 cm³/mol. The standard InChI is InChI=1S/C15H12N2O3/c1-8-13-10(9-5-3-4-6-12(9)16-8)7-11(15(19)20)14(18)17(13)2/h3-7H,1-2H3,(H,19,20). The molecule has 0 atom stereocenters. The molecule has 20 heavy (non-hydrogen) atoms. The topological polar surface area (TPSA) is 72.2 Å². The van der Waals surface area contributed by atoms with E-state index in [1.165, 1.54) is 10.6 Å². The molecule has 1 aromatic carbocycles. The number of carbonyl (C=O) groups is 1. The van der Waals surface area contributed by atoms with Crippen LogP contribution < -0.4 is 5.56 Å². The summed E-state index contributed by atoms with van der Waals surface area (Å²) in [5.74, 6) is -1.22. The van der Waals surface area contributed by atoms with Gasteiger partial charge in [-0.15, -0.1) is 0 Å². The number of aryl methyl sites for hydroxylation is 2. The van der Waals surface area contributed by atoms with E-state index >= 15 is 0 Å². The third-order valence-electron chi connectivity index (χ3n) is 3.47. The van der Waals surface area contributed by atoms with Crippen LogP contribution in [0.2, 0.25) is 0 Å². The zero-order valence-electron chi connectivity index (χ0n) is 11.0. The van der Waals surface area contributed by atoms with Crippen molar-refractivity contribution in [3.05, 3.63) is 51.9 Å². The molecule has 2 aromatic heterocycles. The molecule has 100 valence electrons. The minimum Gasteiger partial charge on any atom is -0.477 e. The Kier molecular flexibility index (Phi) is 2.57. The van der Waals surface area contributed by atoms with Gasteiger partial charge in [-0.05, 0) is 19.1 Å². The number of hydrogen-bond donors (Lipinski definition) is 1. The Morgan fingerprint density at radius 1 is 1.25 bits per heavy atom. The fraction of sp³-hybridized carbons (Fsp3) is 0.133. The van der Waals surface area contributed by atoms with E-state index in [2.05, 4.69) is 4.98 Å². The number of hydrogen-bond acceptors (Lipinski definition) is 3. The molecule has 5 nitrogen and oxygen atoms in total. The average molecular weight is 268 g/mol. The van der Waals surface area contributed by atoms with Crippen LogP contribution >= 0.6 is 0 Å². The van der Waals surface area contributed by atoms with Gasteiger partial charge < -0.3 is 9.67 Å². The zero-order valence-corrected chi connectivity index (χ0v) is 11.0. The van der Waals surface area contributed by atoms with Crippen LogP contribution in [-0.2, 0) is 7.05 Å². The van der Waals surface area contributed by atoms with E-state index in [0.717, 1.165) is 16.3 Å². The Labute approximate surface area is 114 Å². The number of aromatic carboxylic acids is 1. The van der Waals surface area contributed by atoms with Crippen LogP contribution in [-0.4, -0.2) is 20.6 Å². The van der Waals surface area contributed by atoms with E-state index in [0.29, 0.717) is 11.2 Å². The van der Waals surface area contributed by atoms with Crippen molar-refractivity contribution in [2.75, 3.05) is 0 Å². The molecule has 0 unspecified atom stereocenters. The van der Waals surface area contributed by atoms with Crippen LogP contribution in [0.15, 0.2) is 35.1 Å². The normalized spacial score (nSPS) is 11.1. The zero-order chi connectivity index (χ0) is 14.4. The molecule has 0 aliphatic carbocycles. The first-order valence-electron chi connectivity index (χ1n) is 6.13. The molecule has 3 aromatic rings. The molecule has 2 heterocycles. The van der Waals surface area contributed by atoms with Crippen LogP contribution in [0, 0.1) is 6.92 Å². The summed E-state index contributed by atoms with van der Waals surface area (Å²) >= 11 is 0. The van der Waals surface area contributed by atoms with E-state index in [1.807, 2.05) is 31.2 Å². The maximum Gasteiger partial charge on any atom is 0.341 e. The van der Waals surface area contributed by atoms with Crippen molar-refractivity contribution < 1.29 is 9.90 Å². The van der Waals surface area contributed by atoms with Crippen LogP contribution in [0.25, 0.3) is 21.8 Å². The van der Waals surface area contributed by atoms with Crippen LogP contribution in [0.3, 0.4) is 0 Å². The Bertz CT molecular complexity index is 926. The summed E-state index contributed by atoms with van der Waals surface area (Å²) in [6, 6.07) is 8.93. The summed E-state index contributed by atoms with van der Waals surface area (Å²) in [6.07, 6.45) is 0. The van der Waals surface area contributed by atoms with Crippen molar-refractivity contribution in [2.24, 2.45) is 7.05 Å². The molecule has 0 spiro atoms. The largest absolute Gasteiger partial charge is 0.477 e. The maximum atomic E-state index is 12.1. The summed E-state index contributed by atoms with van der Waals surface area (Å²) in [5, 5.41) is 10.7. The summed E-state index contributed by atoms with van der Waals surface area (Å²) in [7, 11) is 1.57. The second-order valence-corrected chi connectivity index (χ2v) is 4.70. The van der Waals surface area contributed by atoms with Gasteiger partial charge in [0.25, 0.3) is 5.56 Å². The van der Waals surface area contributed by atoms with Crippen molar-refractivity contribution in [1.82, 2.24) is 9.55 Å². The Morgan fingerprint density at radius 3 is 2.65 bits per heavy atom. The van der Waals surface area contributed by atoms with E-state index < -0.39 is 11.5 Å². The molecule has 5 heteroatoms. The highest BCUT2D eigenvalue weighted by Gasteiger charge is 2.16. The first-order valence-corrected chi connectivity index (χ1v) is 6.13. The van der Waals surface area contributed by atoms with Gasteiger partial charge >= 0.3 is 5.97 Å². The SMILES string of the molecule is Cc1nc2ccccc2c2cc(C(=O)O)c(=O)n(C)c12. The van der Waals surface area contributed by atoms with Gasteiger partial charge in [-0.2, -0.15) is 0 Å². The highest BCUT2D eigenvalue weighted by molar-refractivity contribution is 6.07. The molecule has 0 amide bonds. The van der Waals surface area contributed by atoms with Gasteiger partial charge in [-0.3, -0.25) is 9.78 Å². The summed E-state index contributed by atoms with van der Waals surface area (Å²) < 4.78 is 1.35. The van der Waals surface area contributed by atoms with E-state index in [1.54, 1.807) is 7.05 Å². The minimum atomic E-state index is -1.22. The fourth-order valence-corrected chi connectivity index (χ4v) is 2.57. The van der Waals surface area contributed by atoms with Crippen molar-refractivity contribution >= 4 is 27.8 Å².